The summed E-state index contributed by atoms with van der Waals surface area (Å²) in [6.45, 7) is 0. The first-order valence-corrected chi connectivity index (χ1v) is 10.5. The Kier molecular flexibility index (Phi) is 6.77. The zero-order valence-corrected chi connectivity index (χ0v) is 16.3. The van der Waals surface area contributed by atoms with E-state index in [0.29, 0.717) is 18.8 Å². The summed E-state index contributed by atoms with van der Waals surface area (Å²) in [4.78, 5) is 10.8. The molecule has 3 saturated carbocycles. The van der Waals surface area contributed by atoms with E-state index < -0.39 is 18.2 Å². The summed E-state index contributed by atoms with van der Waals surface area (Å²) < 4.78 is 5.93. The number of fused-ring (bicyclic) bond motifs is 1. The highest BCUT2D eigenvalue weighted by atomic mass is 16.5. The van der Waals surface area contributed by atoms with Gasteiger partial charge in [-0.05, 0) is 50.0 Å². The molecule has 0 bridgehead atoms. The lowest BCUT2D eigenvalue weighted by molar-refractivity contribution is -0.141. The predicted molar refractivity (Wildman–Crippen MR) is 103 cm³/mol. The number of carboxylic acids is 1. The van der Waals surface area contributed by atoms with Crippen LogP contribution in [-0.2, 0) is 9.53 Å². The Bertz CT molecular complexity index is 577. The molecule has 1 unspecified atom stereocenters. The smallest absolute Gasteiger partial charge is 0.303 e. The van der Waals surface area contributed by atoms with Gasteiger partial charge in [0.1, 0.15) is 0 Å². The van der Waals surface area contributed by atoms with Crippen LogP contribution in [0, 0.1) is 17.8 Å². The minimum atomic E-state index is -0.786. The fraction of sp³-hybridized carbons (Fsp3) is 0.773. The monoisotopic (exact) mass is 378 g/mol. The maximum absolute atomic E-state index is 10.8. The van der Waals surface area contributed by atoms with E-state index in [4.69, 9.17) is 9.84 Å². The van der Waals surface area contributed by atoms with Gasteiger partial charge in [0.2, 0.25) is 0 Å². The van der Waals surface area contributed by atoms with Gasteiger partial charge in [0.25, 0.3) is 0 Å². The highest BCUT2D eigenvalue weighted by Gasteiger charge is 2.57. The number of carboxylic acid groups (broad SMARTS) is 1. The molecule has 3 rings (SSSR count). The molecule has 0 aromatic carbocycles. The third-order valence-electron chi connectivity index (χ3n) is 7.08. The lowest BCUT2D eigenvalue weighted by Gasteiger charge is -2.58. The van der Waals surface area contributed by atoms with Crippen LogP contribution >= 0.6 is 0 Å². The topological polar surface area (TPSA) is 87.0 Å². The normalized spacial score (nSPS) is 37.1. The van der Waals surface area contributed by atoms with Crippen LogP contribution in [0.15, 0.2) is 23.8 Å². The van der Waals surface area contributed by atoms with E-state index in [9.17, 15) is 15.0 Å². The minimum Gasteiger partial charge on any atom is -0.481 e. The molecule has 3 aliphatic carbocycles. The van der Waals surface area contributed by atoms with Crippen molar-refractivity contribution in [1.82, 2.24) is 0 Å². The second-order valence-electron chi connectivity index (χ2n) is 8.52. The Labute approximate surface area is 162 Å². The molecule has 3 N–H and O–H groups in total. The first kappa shape index (κ1) is 20.6. The van der Waals surface area contributed by atoms with E-state index in [2.05, 4.69) is 0 Å². The number of rotatable bonds is 7. The van der Waals surface area contributed by atoms with E-state index >= 15 is 0 Å². The van der Waals surface area contributed by atoms with Gasteiger partial charge in [-0.15, -0.1) is 0 Å². The molecule has 0 spiro atoms. The third-order valence-corrected chi connectivity index (χ3v) is 7.08. The van der Waals surface area contributed by atoms with Gasteiger partial charge in [-0.1, -0.05) is 37.5 Å². The summed E-state index contributed by atoms with van der Waals surface area (Å²) in [5.74, 6) is -0.271. The molecule has 0 heterocycles. The van der Waals surface area contributed by atoms with Crippen molar-refractivity contribution in [3.63, 3.8) is 0 Å². The van der Waals surface area contributed by atoms with Crippen molar-refractivity contribution < 1.29 is 24.9 Å². The second-order valence-corrected chi connectivity index (χ2v) is 8.52. The number of carbonyl (C=O) groups is 1. The summed E-state index contributed by atoms with van der Waals surface area (Å²) >= 11 is 0. The summed E-state index contributed by atoms with van der Waals surface area (Å²) in [5, 5.41) is 30.0. The van der Waals surface area contributed by atoms with Crippen molar-refractivity contribution in [3.05, 3.63) is 23.8 Å². The van der Waals surface area contributed by atoms with E-state index in [-0.39, 0.29) is 23.9 Å². The first-order chi connectivity index (χ1) is 13.0. The van der Waals surface area contributed by atoms with Crippen LogP contribution in [0.2, 0.25) is 0 Å². The fourth-order valence-electron chi connectivity index (χ4n) is 5.45. The quantitative estimate of drug-likeness (QED) is 0.591. The fourth-order valence-corrected chi connectivity index (χ4v) is 5.45. The van der Waals surface area contributed by atoms with Gasteiger partial charge in [-0.3, -0.25) is 4.79 Å². The number of methoxy groups -OCH3 is 1. The zero-order chi connectivity index (χ0) is 19.4. The number of hydrogen-bond acceptors (Lipinski definition) is 4. The van der Waals surface area contributed by atoms with Crippen LogP contribution in [-0.4, -0.2) is 46.2 Å². The average Bonchev–Trinajstić information content (AvgIpc) is 2.66. The number of aliphatic hydroxyl groups excluding tert-OH is 2. The van der Waals surface area contributed by atoms with Gasteiger partial charge in [-0.2, -0.15) is 0 Å². The number of aliphatic hydroxyl groups is 2. The van der Waals surface area contributed by atoms with Gasteiger partial charge in [0.15, 0.2) is 0 Å². The van der Waals surface area contributed by atoms with Crippen LogP contribution in [0.5, 0.6) is 0 Å². The third kappa shape index (κ3) is 4.30. The molecule has 3 fully saturated rings. The van der Waals surface area contributed by atoms with Gasteiger partial charge in [0, 0.05) is 25.4 Å². The van der Waals surface area contributed by atoms with E-state index in [1.54, 1.807) is 7.11 Å². The average molecular weight is 379 g/mol. The van der Waals surface area contributed by atoms with Gasteiger partial charge < -0.3 is 20.1 Å². The molecule has 0 amide bonds. The van der Waals surface area contributed by atoms with Crippen molar-refractivity contribution in [2.45, 2.75) is 82.0 Å². The van der Waals surface area contributed by atoms with Gasteiger partial charge >= 0.3 is 5.97 Å². The van der Waals surface area contributed by atoms with Crippen molar-refractivity contribution >= 4 is 5.97 Å². The highest BCUT2D eigenvalue weighted by Crippen LogP contribution is 2.57. The van der Waals surface area contributed by atoms with Crippen molar-refractivity contribution in [3.8, 4) is 0 Å². The molecule has 5 heteroatoms. The number of hydrogen-bond donors (Lipinski definition) is 3. The molecule has 0 saturated heterocycles. The number of aliphatic carboxylic acids is 1. The van der Waals surface area contributed by atoms with Gasteiger partial charge in [-0.25, -0.2) is 0 Å². The molecular formula is C22H34O5. The largest absolute Gasteiger partial charge is 0.481 e. The van der Waals surface area contributed by atoms with Crippen LogP contribution in [0.3, 0.4) is 0 Å². The maximum Gasteiger partial charge on any atom is 0.303 e. The number of ether oxygens (including phenoxy) is 1. The lowest BCUT2D eigenvalue weighted by Crippen LogP contribution is -2.59. The van der Waals surface area contributed by atoms with Crippen molar-refractivity contribution in [2.24, 2.45) is 17.8 Å². The molecule has 0 aliphatic heterocycles. The van der Waals surface area contributed by atoms with Gasteiger partial charge in [0.05, 0.1) is 17.8 Å². The van der Waals surface area contributed by atoms with E-state index in [1.165, 1.54) is 24.8 Å². The predicted octanol–water partition coefficient (Wildman–Crippen LogP) is 3.45. The Morgan fingerprint density at radius 3 is 2.70 bits per heavy atom. The van der Waals surface area contributed by atoms with Crippen LogP contribution < -0.4 is 0 Å². The molecular weight excluding hydrogens is 344 g/mol. The summed E-state index contributed by atoms with van der Waals surface area (Å²) in [6, 6.07) is 0. The zero-order valence-electron chi connectivity index (χ0n) is 16.3. The summed E-state index contributed by atoms with van der Waals surface area (Å²) in [5.41, 5.74) is 0.803. The summed E-state index contributed by atoms with van der Waals surface area (Å²) in [6.07, 6.45) is 13.8. The molecule has 0 radical (unpaired) electrons. The molecule has 0 aromatic heterocycles. The molecule has 3 aliphatic rings. The Balaban J connectivity index is 1.67. The molecule has 152 valence electrons. The van der Waals surface area contributed by atoms with E-state index in [1.807, 2.05) is 18.2 Å². The molecule has 5 nitrogen and oxygen atoms in total. The standard InChI is InChI=1S/C22H34O5/c1-27-22-13-12-20(24)17(10-11-19(23)15-6-3-2-4-7-15)18(22)14-16(22)8-5-9-21(25)26/h8,10-11,15,17-20,23-24H,2-7,9,12-14H2,1H3,(H,25,26)/b11-10+,16-8+/t17-,18-,19?,20-,22+/m1/s1. The Morgan fingerprint density at radius 2 is 2.04 bits per heavy atom. The second kappa shape index (κ2) is 8.89. The van der Waals surface area contributed by atoms with E-state index in [0.717, 1.165) is 25.7 Å². The highest BCUT2D eigenvalue weighted by molar-refractivity contribution is 5.66. The summed E-state index contributed by atoms with van der Waals surface area (Å²) in [7, 11) is 1.71. The number of allylic oxidation sites excluding steroid dienone is 1. The van der Waals surface area contributed by atoms with Crippen molar-refractivity contribution in [1.29, 1.82) is 0 Å². The SMILES string of the molecule is CO[C@]12CC[C@@H](O)[C@H](/C=C/C(O)C3CCCCC3)[C@H]1C/C2=C\CCC(=O)O. The minimum absolute atomic E-state index is 0.0198. The lowest BCUT2D eigenvalue weighted by atomic mass is 9.53. The molecule has 5 atom stereocenters. The maximum atomic E-state index is 10.8. The Hall–Kier alpha value is -1.17. The van der Waals surface area contributed by atoms with Crippen LogP contribution in [0.4, 0.5) is 0 Å². The van der Waals surface area contributed by atoms with Crippen LogP contribution in [0.1, 0.15) is 64.2 Å². The first-order valence-electron chi connectivity index (χ1n) is 10.5. The molecule has 27 heavy (non-hydrogen) atoms. The Morgan fingerprint density at radius 1 is 1.30 bits per heavy atom. The molecule has 0 aromatic rings. The van der Waals surface area contributed by atoms with Crippen LogP contribution in [0.25, 0.3) is 0 Å². The van der Waals surface area contributed by atoms with Crippen molar-refractivity contribution in [2.75, 3.05) is 7.11 Å².